The van der Waals surface area contributed by atoms with Crippen molar-refractivity contribution >= 4 is 35.2 Å². The van der Waals surface area contributed by atoms with Crippen molar-refractivity contribution in [1.29, 1.82) is 0 Å². The van der Waals surface area contributed by atoms with Crippen molar-refractivity contribution in [1.82, 2.24) is 15.5 Å². The van der Waals surface area contributed by atoms with Gasteiger partial charge >= 0.3 is 6.03 Å². The Morgan fingerprint density at radius 3 is 2.48 bits per heavy atom. The number of hydrogen-bond donors (Lipinski definition) is 2. The highest BCUT2D eigenvalue weighted by Crippen LogP contribution is 2.28. The van der Waals surface area contributed by atoms with Crippen LogP contribution in [0, 0.1) is 13.8 Å². The monoisotopic (exact) mass is 397 g/mol. The maximum atomic E-state index is 13.0. The van der Waals surface area contributed by atoms with E-state index in [1.54, 1.807) is 4.90 Å². The molecule has 2 saturated heterocycles. The van der Waals surface area contributed by atoms with Gasteiger partial charge in [0, 0.05) is 25.9 Å². The molecule has 3 heterocycles. The Kier molecular flexibility index (Phi) is 4.60. The lowest BCUT2D eigenvalue weighted by atomic mass is 9.87. The lowest BCUT2D eigenvalue weighted by molar-refractivity contribution is -0.131. The Bertz CT molecular complexity index is 946. The van der Waals surface area contributed by atoms with Gasteiger partial charge in [-0.2, -0.15) is 5.10 Å². The Morgan fingerprint density at radius 2 is 1.83 bits per heavy atom. The van der Waals surface area contributed by atoms with Crippen molar-refractivity contribution in [3.05, 3.63) is 29.3 Å². The van der Waals surface area contributed by atoms with Gasteiger partial charge in [0.15, 0.2) is 0 Å². The largest absolute Gasteiger partial charge is 0.337 e. The molecule has 0 saturated carbocycles. The van der Waals surface area contributed by atoms with Crippen molar-refractivity contribution in [2.45, 2.75) is 45.1 Å². The fraction of sp³-hybridized carbons (Fsp3) is 0.450. The molecule has 0 unspecified atom stereocenters. The van der Waals surface area contributed by atoms with Crippen molar-refractivity contribution in [3.8, 4) is 0 Å². The predicted molar refractivity (Wildman–Crippen MR) is 105 cm³/mol. The van der Waals surface area contributed by atoms with Gasteiger partial charge in [0.05, 0.1) is 5.69 Å². The van der Waals surface area contributed by atoms with E-state index in [2.05, 4.69) is 15.7 Å². The van der Waals surface area contributed by atoms with Gasteiger partial charge in [0.2, 0.25) is 5.91 Å². The van der Waals surface area contributed by atoms with Gasteiger partial charge in [0.1, 0.15) is 11.3 Å². The van der Waals surface area contributed by atoms with Crippen LogP contribution in [0.5, 0.6) is 0 Å². The van der Waals surface area contributed by atoms with E-state index >= 15 is 0 Å². The molecule has 0 radical (unpaired) electrons. The maximum Gasteiger partial charge on any atom is 0.322 e. The Hall–Kier alpha value is -3.23. The Labute approximate surface area is 168 Å². The molecule has 1 aromatic carbocycles. The molecule has 0 bridgehead atoms. The van der Waals surface area contributed by atoms with Gasteiger partial charge in [0.25, 0.3) is 11.8 Å². The standard InChI is InChI=1S/C20H23N5O4/c1-12-3-4-13(2)15(11-12)25-16(26)6-5-14(23-25)17(27)24-9-7-20(8-10-24)18(28)21-19(29)22-20/h3-4,11H,5-10H2,1-2H3,(H2,21,22,28,29). The highest BCUT2D eigenvalue weighted by molar-refractivity contribution is 6.40. The third kappa shape index (κ3) is 3.37. The molecular weight excluding hydrogens is 374 g/mol. The number of imide groups is 1. The molecule has 1 aromatic rings. The number of aryl methyl sites for hydroxylation is 2. The number of carbonyl (C=O) groups excluding carboxylic acids is 4. The maximum absolute atomic E-state index is 13.0. The summed E-state index contributed by atoms with van der Waals surface area (Å²) in [5.74, 6) is -0.707. The molecule has 2 N–H and O–H groups in total. The van der Waals surface area contributed by atoms with Gasteiger partial charge in [-0.15, -0.1) is 0 Å². The van der Waals surface area contributed by atoms with Crippen LogP contribution in [0.2, 0.25) is 0 Å². The smallest absolute Gasteiger partial charge is 0.322 e. The first-order valence-electron chi connectivity index (χ1n) is 9.70. The number of carbonyl (C=O) groups is 4. The highest BCUT2D eigenvalue weighted by Gasteiger charge is 2.48. The summed E-state index contributed by atoms with van der Waals surface area (Å²) in [6.07, 6.45) is 1.21. The van der Waals surface area contributed by atoms with E-state index in [1.165, 1.54) is 5.01 Å². The van der Waals surface area contributed by atoms with Crippen LogP contribution in [-0.4, -0.2) is 53.0 Å². The summed E-state index contributed by atoms with van der Waals surface area (Å²) in [5.41, 5.74) is 2.00. The van der Waals surface area contributed by atoms with Crippen molar-refractivity contribution in [2.75, 3.05) is 18.1 Å². The molecule has 3 aliphatic heterocycles. The minimum Gasteiger partial charge on any atom is -0.337 e. The molecule has 2 fully saturated rings. The molecule has 0 atom stereocenters. The minimum atomic E-state index is -0.928. The van der Waals surface area contributed by atoms with E-state index in [1.807, 2.05) is 32.0 Å². The average Bonchev–Trinajstić information content (AvgIpc) is 2.97. The number of anilines is 1. The first-order valence-corrected chi connectivity index (χ1v) is 9.70. The summed E-state index contributed by atoms with van der Waals surface area (Å²) in [5, 5.41) is 10.7. The summed E-state index contributed by atoms with van der Waals surface area (Å²) in [6, 6.07) is 5.28. The third-order valence-electron chi connectivity index (χ3n) is 5.79. The second kappa shape index (κ2) is 6.98. The number of hydrazone groups is 1. The first-order chi connectivity index (χ1) is 13.8. The molecule has 9 heteroatoms. The number of nitrogens with one attached hydrogen (secondary N) is 2. The molecule has 1 spiro atoms. The van der Waals surface area contributed by atoms with Gasteiger partial charge in [-0.25, -0.2) is 9.80 Å². The Morgan fingerprint density at radius 1 is 1.10 bits per heavy atom. The molecule has 0 aromatic heterocycles. The number of piperidine rings is 1. The summed E-state index contributed by atoms with van der Waals surface area (Å²) in [4.78, 5) is 50.6. The number of benzene rings is 1. The van der Waals surface area contributed by atoms with Crippen molar-refractivity contribution < 1.29 is 19.2 Å². The van der Waals surface area contributed by atoms with Crippen LogP contribution >= 0.6 is 0 Å². The molecule has 5 amide bonds. The lowest BCUT2D eigenvalue weighted by Crippen LogP contribution is -2.56. The Balaban J connectivity index is 1.51. The number of nitrogens with zero attached hydrogens (tertiary/aromatic N) is 3. The van der Waals surface area contributed by atoms with E-state index in [9.17, 15) is 19.2 Å². The van der Waals surface area contributed by atoms with Crippen LogP contribution in [0.3, 0.4) is 0 Å². The van der Waals surface area contributed by atoms with Crippen molar-refractivity contribution in [3.63, 3.8) is 0 Å². The van der Waals surface area contributed by atoms with Gasteiger partial charge in [-0.05, 0) is 43.9 Å². The van der Waals surface area contributed by atoms with Gasteiger partial charge in [-0.1, -0.05) is 12.1 Å². The molecule has 4 rings (SSSR count). The van der Waals surface area contributed by atoms with Gasteiger partial charge < -0.3 is 10.2 Å². The van der Waals surface area contributed by atoms with Crippen LogP contribution in [0.1, 0.15) is 36.8 Å². The quantitative estimate of drug-likeness (QED) is 0.725. The fourth-order valence-electron chi connectivity index (χ4n) is 4.00. The number of amides is 5. The van der Waals surface area contributed by atoms with E-state index in [0.717, 1.165) is 11.1 Å². The van der Waals surface area contributed by atoms with Crippen LogP contribution in [-0.2, 0) is 14.4 Å². The second-order valence-corrected chi connectivity index (χ2v) is 7.82. The summed E-state index contributed by atoms with van der Waals surface area (Å²) in [6.45, 7) is 4.51. The average molecular weight is 397 g/mol. The molecule has 9 nitrogen and oxygen atoms in total. The highest BCUT2D eigenvalue weighted by atomic mass is 16.2. The molecule has 29 heavy (non-hydrogen) atoms. The van der Waals surface area contributed by atoms with E-state index in [4.69, 9.17) is 0 Å². The fourth-order valence-corrected chi connectivity index (χ4v) is 4.00. The molecule has 0 aliphatic carbocycles. The number of urea groups is 1. The van der Waals surface area contributed by atoms with Crippen molar-refractivity contribution in [2.24, 2.45) is 5.10 Å². The summed E-state index contributed by atoms with van der Waals surface area (Å²) in [7, 11) is 0. The van der Waals surface area contributed by atoms with E-state index in [0.29, 0.717) is 37.3 Å². The third-order valence-corrected chi connectivity index (χ3v) is 5.79. The summed E-state index contributed by atoms with van der Waals surface area (Å²) < 4.78 is 0. The lowest BCUT2D eigenvalue weighted by Gasteiger charge is -2.37. The summed E-state index contributed by atoms with van der Waals surface area (Å²) >= 11 is 0. The SMILES string of the molecule is Cc1ccc(C)c(N2N=C(C(=O)N3CCC4(CC3)NC(=O)NC4=O)CCC2=O)c1. The zero-order valence-corrected chi connectivity index (χ0v) is 16.4. The zero-order valence-electron chi connectivity index (χ0n) is 16.4. The number of hydrogen-bond acceptors (Lipinski definition) is 5. The second-order valence-electron chi connectivity index (χ2n) is 7.82. The number of likely N-dealkylation sites (tertiary alicyclic amines) is 1. The molecule has 152 valence electrons. The molecule has 3 aliphatic rings. The first kappa shape index (κ1) is 19.1. The minimum absolute atomic E-state index is 0.141. The van der Waals surface area contributed by atoms with Crippen LogP contribution in [0.15, 0.2) is 23.3 Å². The normalized spacial score (nSPS) is 21.2. The molecular formula is C20H23N5O4. The van der Waals surface area contributed by atoms with Crippen LogP contribution < -0.4 is 15.6 Å². The topological polar surface area (TPSA) is 111 Å². The number of rotatable bonds is 2. The zero-order chi connectivity index (χ0) is 20.8. The van der Waals surface area contributed by atoms with E-state index in [-0.39, 0.29) is 30.6 Å². The van der Waals surface area contributed by atoms with Gasteiger partial charge in [-0.3, -0.25) is 19.7 Å². The van der Waals surface area contributed by atoms with Crippen LogP contribution in [0.25, 0.3) is 0 Å². The van der Waals surface area contributed by atoms with Crippen LogP contribution in [0.4, 0.5) is 10.5 Å². The predicted octanol–water partition coefficient (Wildman–Crippen LogP) is 0.987. The van der Waals surface area contributed by atoms with E-state index < -0.39 is 11.6 Å².